The van der Waals surface area contributed by atoms with E-state index in [1.807, 2.05) is 18.3 Å². The molecule has 5 heteroatoms. The van der Waals surface area contributed by atoms with Crippen molar-refractivity contribution in [1.29, 1.82) is 0 Å². The van der Waals surface area contributed by atoms with Crippen LogP contribution >= 0.6 is 11.3 Å². The maximum absolute atomic E-state index is 11.8. The van der Waals surface area contributed by atoms with Crippen LogP contribution in [-0.2, 0) is 11.2 Å². The molecule has 2 rings (SSSR count). The van der Waals surface area contributed by atoms with Crippen molar-refractivity contribution in [3.8, 4) is 0 Å². The van der Waals surface area contributed by atoms with Crippen molar-refractivity contribution in [3.63, 3.8) is 0 Å². The van der Waals surface area contributed by atoms with Crippen LogP contribution in [0.5, 0.6) is 0 Å². The van der Waals surface area contributed by atoms with Crippen LogP contribution in [0.2, 0.25) is 0 Å². The Kier molecular flexibility index (Phi) is 4.04. The Labute approximate surface area is 110 Å². The Morgan fingerprint density at radius 3 is 2.89 bits per heavy atom. The standard InChI is InChI=1S/C13H15N3OS/c1-9(2)11-8-15-13(18-11)16-12(17)6-10-4-3-5-14-7-10/h3-5,7-9H,6H2,1-2H3,(H,15,16,17). The lowest BCUT2D eigenvalue weighted by atomic mass is 10.2. The molecule has 0 atom stereocenters. The molecule has 0 aliphatic carbocycles. The van der Waals surface area contributed by atoms with Gasteiger partial charge in [0.25, 0.3) is 0 Å². The van der Waals surface area contributed by atoms with E-state index in [1.54, 1.807) is 12.4 Å². The van der Waals surface area contributed by atoms with Crippen molar-refractivity contribution in [2.75, 3.05) is 5.32 Å². The maximum atomic E-state index is 11.8. The van der Waals surface area contributed by atoms with E-state index in [-0.39, 0.29) is 5.91 Å². The molecule has 0 aliphatic rings. The van der Waals surface area contributed by atoms with Crippen molar-refractivity contribution in [2.24, 2.45) is 0 Å². The molecule has 1 N–H and O–H groups in total. The average Bonchev–Trinajstić information content (AvgIpc) is 2.78. The zero-order chi connectivity index (χ0) is 13.0. The van der Waals surface area contributed by atoms with Gasteiger partial charge in [0, 0.05) is 23.5 Å². The van der Waals surface area contributed by atoms with Crippen molar-refractivity contribution in [1.82, 2.24) is 9.97 Å². The van der Waals surface area contributed by atoms with Gasteiger partial charge >= 0.3 is 0 Å². The Morgan fingerprint density at radius 2 is 2.28 bits per heavy atom. The molecular formula is C13H15N3OS. The number of nitrogens with one attached hydrogen (secondary N) is 1. The highest BCUT2D eigenvalue weighted by Gasteiger charge is 2.09. The number of carbonyl (C=O) groups is 1. The molecule has 0 aliphatic heterocycles. The quantitative estimate of drug-likeness (QED) is 0.920. The van der Waals surface area contributed by atoms with E-state index in [1.165, 1.54) is 16.2 Å². The highest BCUT2D eigenvalue weighted by molar-refractivity contribution is 7.15. The third-order valence-electron chi connectivity index (χ3n) is 2.43. The first-order valence-electron chi connectivity index (χ1n) is 5.79. The molecule has 0 spiro atoms. The zero-order valence-electron chi connectivity index (χ0n) is 10.4. The number of rotatable bonds is 4. The number of amides is 1. The minimum Gasteiger partial charge on any atom is -0.302 e. The Morgan fingerprint density at radius 1 is 1.44 bits per heavy atom. The lowest BCUT2D eigenvalue weighted by Crippen LogP contribution is -2.14. The summed E-state index contributed by atoms with van der Waals surface area (Å²) >= 11 is 1.52. The monoisotopic (exact) mass is 261 g/mol. The topological polar surface area (TPSA) is 54.9 Å². The lowest BCUT2D eigenvalue weighted by molar-refractivity contribution is -0.115. The first-order valence-corrected chi connectivity index (χ1v) is 6.61. The minimum absolute atomic E-state index is 0.0624. The molecule has 94 valence electrons. The molecule has 2 aromatic rings. The first kappa shape index (κ1) is 12.7. The molecule has 1 amide bonds. The molecule has 2 heterocycles. The molecule has 0 unspecified atom stereocenters. The largest absolute Gasteiger partial charge is 0.302 e. The van der Waals surface area contributed by atoms with Crippen LogP contribution in [0.4, 0.5) is 5.13 Å². The summed E-state index contributed by atoms with van der Waals surface area (Å²) in [4.78, 5) is 21.1. The van der Waals surface area contributed by atoms with Gasteiger partial charge in [-0.25, -0.2) is 4.98 Å². The highest BCUT2D eigenvalue weighted by Crippen LogP contribution is 2.25. The van der Waals surface area contributed by atoms with E-state index in [0.717, 1.165) is 5.56 Å². The molecule has 18 heavy (non-hydrogen) atoms. The second-order valence-electron chi connectivity index (χ2n) is 4.31. The van der Waals surface area contributed by atoms with Gasteiger partial charge in [0.1, 0.15) is 0 Å². The number of hydrogen-bond acceptors (Lipinski definition) is 4. The van der Waals surface area contributed by atoms with Gasteiger partial charge in [0.15, 0.2) is 5.13 Å². The fourth-order valence-corrected chi connectivity index (χ4v) is 2.30. The average molecular weight is 261 g/mol. The first-order chi connectivity index (χ1) is 8.65. The number of thiazole rings is 1. The molecule has 0 fully saturated rings. The van der Waals surface area contributed by atoms with Crippen LogP contribution in [0.3, 0.4) is 0 Å². The summed E-state index contributed by atoms with van der Waals surface area (Å²) in [6.45, 7) is 4.21. The summed E-state index contributed by atoms with van der Waals surface area (Å²) in [6.07, 6.45) is 5.53. The van der Waals surface area contributed by atoms with Crippen LogP contribution in [-0.4, -0.2) is 15.9 Å². The molecule has 0 aromatic carbocycles. The molecule has 0 radical (unpaired) electrons. The summed E-state index contributed by atoms with van der Waals surface area (Å²) in [5.41, 5.74) is 0.899. The fourth-order valence-electron chi connectivity index (χ4n) is 1.46. The van der Waals surface area contributed by atoms with Gasteiger partial charge < -0.3 is 5.32 Å². The van der Waals surface area contributed by atoms with E-state index in [9.17, 15) is 4.79 Å². The van der Waals surface area contributed by atoms with Crippen LogP contribution in [0.1, 0.15) is 30.2 Å². The van der Waals surface area contributed by atoms with E-state index in [4.69, 9.17) is 0 Å². The Bertz CT molecular complexity index is 522. The lowest BCUT2D eigenvalue weighted by Gasteiger charge is -2.01. The number of anilines is 1. The second-order valence-corrected chi connectivity index (χ2v) is 5.37. The van der Waals surface area contributed by atoms with E-state index >= 15 is 0 Å². The number of nitrogens with zero attached hydrogens (tertiary/aromatic N) is 2. The number of pyridine rings is 1. The highest BCUT2D eigenvalue weighted by atomic mass is 32.1. The summed E-state index contributed by atoms with van der Waals surface area (Å²) in [5, 5.41) is 3.47. The predicted molar refractivity (Wildman–Crippen MR) is 72.8 cm³/mol. The van der Waals surface area contributed by atoms with Gasteiger partial charge in [-0.3, -0.25) is 9.78 Å². The second kappa shape index (κ2) is 5.73. The van der Waals surface area contributed by atoms with Crippen LogP contribution in [0.15, 0.2) is 30.7 Å². The van der Waals surface area contributed by atoms with Gasteiger partial charge in [-0.2, -0.15) is 0 Å². The van der Waals surface area contributed by atoms with Crippen LogP contribution in [0, 0.1) is 0 Å². The van der Waals surface area contributed by atoms with E-state index < -0.39 is 0 Å². The van der Waals surface area contributed by atoms with Crippen molar-refractivity contribution in [2.45, 2.75) is 26.2 Å². The van der Waals surface area contributed by atoms with Gasteiger partial charge in [0.05, 0.1) is 6.42 Å². The molecule has 4 nitrogen and oxygen atoms in total. The predicted octanol–water partition coefficient (Wildman–Crippen LogP) is 2.84. The Balaban J connectivity index is 1.95. The minimum atomic E-state index is -0.0624. The molecular weight excluding hydrogens is 246 g/mol. The number of hydrogen-bond donors (Lipinski definition) is 1. The number of carbonyl (C=O) groups excluding carboxylic acids is 1. The summed E-state index contributed by atoms with van der Waals surface area (Å²) < 4.78 is 0. The molecule has 2 aromatic heterocycles. The van der Waals surface area contributed by atoms with Gasteiger partial charge in [0.2, 0.25) is 5.91 Å². The van der Waals surface area contributed by atoms with Crippen LogP contribution in [0.25, 0.3) is 0 Å². The molecule has 0 saturated heterocycles. The maximum Gasteiger partial charge on any atom is 0.230 e. The summed E-state index contributed by atoms with van der Waals surface area (Å²) in [6, 6.07) is 3.71. The fraction of sp³-hybridized carbons (Fsp3) is 0.308. The third-order valence-corrected chi connectivity index (χ3v) is 3.64. The zero-order valence-corrected chi connectivity index (χ0v) is 11.2. The van der Waals surface area contributed by atoms with Gasteiger partial charge in [-0.15, -0.1) is 11.3 Å². The number of aromatic nitrogens is 2. The molecule has 0 saturated carbocycles. The van der Waals surface area contributed by atoms with Crippen molar-refractivity contribution in [3.05, 3.63) is 41.2 Å². The van der Waals surface area contributed by atoms with E-state index in [2.05, 4.69) is 29.1 Å². The van der Waals surface area contributed by atoms with Crippen molar-refractivity contribution >= 4 is 22.4 Å². The Hall–Kier alpha value is -1.75. The summed E-state index contributed by atoms with van der Waals surface area (Å²) in [5.74, 6) is 0.374. The van der Waals surface area contributed by atoms with Gasteiger partial charge in [-0.1, -0.05) is 19.9 Å². The van der Waals surface area contributed by atoms with E-state index in [0.29, 0.717) is 17.5 Å². The van der Waals surface area contributed by atoms with Crippen LogP contribution < -0.4 is 5.32 Å². The van der Waals surface area contributed by atoms with Crippen molar-refractivity contribution < 1.29 is 4.79 Å². The summed E-state index contributed by atoms with van der Waals surface area (Å²) in [7, 11) is 0. The van der Waals surface area contributed by atoms with Gasteiger partial charge in [-0.05, 0) is 17.5 Å². The molecule has 0 bridgehead atoms. The third kappa shape index (κ3) is 3.37. The SMILES string of the molecule is CC(C)c1cnc(NC(=O)Cc2cccnc2)s1. The smallest absolute Gasteiger partial charge is 0.230 e. The normalized spacial score (nSPS) is 10.6.